The normalized spacial score (nSPS) is 27.4. The monoisotopic (exact) mass is 247 g/mol. The molecule has 1 N–H and O–H groups in total. The van der Waals surface area contributed by atoms with Crippen LogP contribution >= 0.6 is 0 Å². The van der Waals surface area contributed by atoms with Crippen molar-refractivity contribution in [3.05, 3.63) is 29.3 Å². The highest BCUT2D eigenvalue weighted by atomic mass is 16.5. The van der Waals surface area contributed by atoms with Gasteiger partial charge < -0.3 is 10.1 Å². The number of ether oxygens (including phenoxy) is 1. The molecule has 3 atom stereocenters. The Labute approximate surface area is 111 Å². The van der Waals surface area contributed by atoms with Gasteiger partial charge in [-0.1, -0.05) is 24.6 Å². The fourth-order valence-electron chi connectivity index (χ4n) is 3.29. The van der Waals surface area contributed by atoms with E-state index in [1.54, 1.807) is 7.11 Å². The average molecular weight is 247 g/mol. The lowest BCUT2D eigenvalue weighted by atomic mass is 9.89. The van der Waals surface area contributed by atoms with Gasteiger partial charge in [-0.05, 0) is 56.7 Å². The second kappa shape index (κ2) is 5.75. The number of rotatable bonds is 4. The van der Waals surface area contributed by atoms with Crippen molar-refractivity contribution in [2.75, 3.05) is 14.2 Å². The zero-order chi connectivity index (χ0) is 13.1. The second-order valence-electron chi connectivity index (χ2n) is 5.61. The molecular weight excluding hydrogens is 222 g/mol. The molecule has 1 saturated carbocycles. The van der Waals surface area contributed by atoms with Crippen LogP contribution in [0.3, 0.4) is 0 Å². The highest BCUT2D eigenvalue weighted by molar-refractivity contribution is 5.37. The van der Waals surface area contributed by atoms with Crippen LogP contribution in [0.15, 0.2) is 18.2 Å². The lowest BCUT2D eigenvalue weighted by Crippen LogP contribution is -2.29. The highest BCUT2D eigenvalue weighted by Gasteiger charge is 2.32. The van der Waals surface area contributed by atoms with Crippen LogP contribution in [-0.4, -0.2) is 20.2 Å². The Morgan fingerprint density at radius 3 is 2.72 bits per heavy atom. The minimum Gasteiger partial charge on any atom is -0.496 e. The number of nitrogens with one attached hydrogen (secondary N) is 1. The van der Waals surface area contributed by atoms with E-state index in [0.29, 0.717) is 6.04 Å². The van der Waals surface area contributed by atoms with Gasteiger partial charge in [0, 0.05) is 6.04 Å². The van der Waals surface area contributed by atoms with Crippen LogP contribution in [0.5, 0.6) is 5.75 Å². The largest absolute Gasteiger partial charge is 0.496 e. The summed E-state index contributed by atoms with van der Waals surface area (Å²) in [5.41, 5.74) is 2.69. The van der Waals surface area contributed by atoms with E-state index in [1.165, 1.54) is 24.0 Å². The molecule has 0 heterocycles. The molecule has 0 amide bonds. The Bertz CT molecular complexity index is 402. The van der Waals surface area contributed by atoms with Crippen LogP contribution in [0, 0.1) is 18.8 Å². The molecule has 0 aromatic heterocycles. The summed E-state index contributed by atoms with van der Waals surface area (Å²) in [5, 5.41) is 3.44. The van der Waals surface area contributed by atoms with Crippen molar-refractivity contribution in [3.63, 3.8) is 0 Å². The molecule has 1 aromatic carbocycles. The van der Waals surface area contributed by atoms with Gasteiger partial charge in [0.25, 0.3) is 0 Å². The molecule has 100 valence electrons. The van der Waals surface area contributed by atoms with E-state index >= 15 is 0 Å². The molecule has 0 bridgehead atoms. The van der Waals surface area contributed by atoms with E-state index in [-0.39, 0.29) is 0 Å². The Hall–Kier alpha value is -1.02. The van der Waals surface area contributed by atoms with E-state index in [0.717, 1.165) is 24.0 Å². The fourth-order valence-corrected chi connectivity index (χ4v) is 3.29. The molecule has 2 heteroatoms. The van der Waals surface area contributed by atoms with Gasteiger partial charge in [-0.25, -0.2) is 0 Å². The van der Waals surface area contributed by atoms with Crippen LogP contribution in [0.1, 0.15) is 30.9 Å². The van der Waals surface area contributed by atoms with Crippen LogP contribution in [0.25, 0.3) is 0 Å². The summed E-state index contributed by atoms with van der Waals surface area (Å²) in [7, 11) is 3.85. The Morgan fingerprint density at radius 1 is 1.33 bits per heavy atom. The van der Waals surface area contributed by atoms with Crippen LogP contribution in [-0.2, 0) is 6.42 Å². The summed E-state index contributed by atoms with van der Waals surface area (Å²) in [6.45, 7) is 4.53. The SMILES string of the molecule is CNC1CCC(Cc2cc(C)ccc2OC)C1C. The van der Waals surface area contributed by atoms with Crippen LogP contribution in [0.2, 0.25) is 0 Å². The molecule has 2 rings (SSSR count). The maximum absolute atomic E-state index is 5.48. The first kappa shape index (κ1) is 13.4. The lowest BCUT2D eigenvalue weighted by Gasteiger charge is -2.21. The smallest absolute Gasteiger partial charge is 0.122 e. The number of methoxy groups -OCH3 is 1. The van der Waals surface area contributed by atoms with E-state index in [4.69, 9.17) is 4.74 Å². The molecule has 1 aliphatic rings. The molecule has 0 radical (unpaired) electrons. The van der Waals surface area contributed by atoms with Gasteiger partial charge in [-0.2, -0.15) is 0 Å². The van der Waals surface area contributed by atoms with E-state index in [2.05, 4.69) is 44.4 Å². The van der Waals surface area contributed by atoms with E-state index < -0.39 is 0 Å². The molecule has 0 spiro atoms. The standard InChI is InChI=1S/C16H25NO/c1-11-5-8-16(18-4)14(9-11)10-13-6-7-15(17-3)12(13)2/h5,8-9,12-13,15,17H,6-7,10H2,1-4H3. The van der Waals surface area contributed by atoms with Crippen LogP contribution in [0.4, 0.5) is 0 Å². The van der Waals surface area contributed by atoms with Gasteiger partial charge in [0.05, 0.1) is 7.11 Å². The summed E-state index contributed by atoms with van der Waals surface area (Å²) in [4.78, 5) is 0. The number of hydrogen-bond acceptors (Lipinski definition) is 2. The van der Waals surface area contributed by atoms with Gasteiger partial charge in [0.15, 0.2) is 0 Å². The minimum absolute atomic E-state index is 0.686. The second-order valence-corrected chi connectivity index (χ2v) is 5.61. The summed E-state index contributed by atoms with van der Waals surface area (Å²) >= 11 is 0. The molecule has 2 nitrogen and oxygen atoms in total. The molecule has 3 unspecified atom stereocenters. The minimum atomic E-state index is 0.686. The molecule has 0 aliphatic heterocycles. The Kier molecular flexibility index (Phi) is 4.28. The average Bonchev–Trinajstić information content (AvgIpc) is 2.71. The maximum Gasteiger partial charge on any atom is 0.122 e. The molecule has 18 heavy (non-hydrogen) atoms. The number of benzene rings is 1. The summed E-state index contributed by atoms with van der Waals surface area (Å²) in [6.07, 6.45) is 3.77. The maximum atomic E-state index is 5.48. The van der Waals surface area contributed by atoms with Gasteiger partial charge in [0.1, 0.15) is 5.75 Å². The first-order valence-corrected chi connectivity index (χ1v) is 6.96. The highest BCUT2D eigenvalue weighted by Crippen LogP contribution is 2.36. The predicted molar refractivity (Wildman–Crippen MR) is 76.2 cm³/mol. The van der Waals surface area contributed by atoms with Gasteiger partial charge in [-0.3, -0.25) is 0 Å². The molecule has 0 saturated heterocycles. The van der Waals surface area contributed by atoms with Gasteiger partial charge >= 0.3 is 0 Å². The van der Waals surface area contributed by atoms with Crippen molar-refractivity contribution in [2.24, 2.45) is 11.8 Å². The quantitative estimate of drug-likeness (QED) is 0.882. The third-order valence-corrected chi connectivity index (χ3v) is 4.52. The van der Waals surface area contributed by atoms with Crippen molar-refractivity contribution in [1.29, 1.82) is 0 Å². The van der Waals surface area contributed by atoms with Crippen molar-refractivity contribution in [1.82, 2.24) is 5.32 Å². The Morgan fingerprint density at radius 2 is 2.11 bits per heavy atom. The van der Waals surface area contributed by atoms with E-state index in [9.17, 15) is 0 Å². The van der Waals surface area contributed by atoms with Crippen LogP contribution < -0.4 is 10.1 Å². The number of aryl methyl sites for hydroxylation is 1. The van der Waals surface area contributed by atoms with Gasteiger partial charge in [0.2, 0.25) is 0 Å². The zero-order valence-electron chi connectivity index (χ0n) is 12.0. The molecular formula is C16H25NO. The molecule has 1 fully saturated rings. The molecule has 1 aromatic rings. The van der Waals surface area contributed by atoms with Crippen molar-refractivity contribution in [3.8, 4) is 5.75 Å². The van der Waals surface area contributed by atoms with Crippen molar-refractivity contribution in [2.45, 2.75) is 39.2 Å². The predicted octanol–water partition coefficient (Wildman–Crippen LogP) is 3.18. The summed E-state index contributed by atoms with van der Waals surface area (Å²) in [5.74, 6) is 2.57. The van der Waals surface area contributed by atoms with E-state index in [1.807, 2.05) is 0 Å². The third kappa shape index (κ3) is 2.69. The Balaban J connectivity index is 2.12. The topological polar surface area (TPSA) is 21.3 Å². The zero-order valence-corrected chi connectivity index (χ0v) is 12.0. The lowest BCUT2D eigenvalue weighted by molar-refractivity contribution is 0.355. The summed E-state index contributed by atoms with van der Waals surface area (Å²) < 4.78 is 5.48. The van der Waals surface area contributed by atoms with Gasteiger partial charge in [-0.15, -0.1) is 0 Å². The van der Waals surface area contributed by atoms with Crippen molar-refractivity contribution < 1.29 is 4.74 Å². The first-order valence-electron chi connectivity index (χ1n) is 6.96. The number of hydrogen-bond donors (Lipinski definition) is 1. The summed E-state index contributed by atoms with van der Waals surface area (Å²) in [6, 6.07) is 7.18. The third-order valence-electron chi connectivity index (χ3n) is 4.52. The molecule has 1 aliphatic carbocycles. The first-order chi connectivity index (χ1) is 8.65. The van der Waals surface area contributed by atoms with Crippen molar-refractivity contribution >= 4 is 0 Å². The fraction of sp³-hybridized carbons (Fsp3) is 0.625.